The second-order valence-corrected chi connectivity index (χ2v) is 4.05. The van der Waals surface area contributed by atoms with Gasteiger partial charge < -0.3 is 15.2 Å². The second-order valence-electron chi connectivity index (χ2n) is 4.05. The van der Waals surface area contributed by atoms with Gasteiger partial charge in [0.25, 0.3) is 0 Å². The third-order valence-electron chi connectivity index (χ3n) is 2.56. The quantitative estimate of drug-likeness (QED) is 0.835. The van der Waals surface area contributed by atoms with E-state index in [1.54, 1.807) is 12.1 Å². The summed E-state index contributed by atoms with van der Waals surface area (Å²) in [6.45, 7) is 0.394. The largest absolute Gasteiger partial charge is 0.482 e. The number of nitrogens with one attached hydrogen (secondary N) is 1. The van der Waals surface area contributed by atoms with Gasteiger partial charge in [-0.1, -0.05) is 30.3 Å². The van der Waals surface area contributed by atoms with Crippen molar-refractivity contribution in [1.29, 1.82) is 0 Å². The van der Waals surface area contributed by atoms with Gasteiger partial charge in [-0.3, -0.25) is 0 Å². The van der Waals surface area contributed by atoms with Crippen LogP contribution in [0.3, 0.4) is 0 Å². The second kappa shape index (κ2) is 6.44. The lowest BCUT2D eigenvalue weighted by atomic mass is 10.2. The Kier molecular flexibility index (Phi) is 4.39. The Morgan fingerprint density at radius 2 is 1.74 bits per heavy atom. The number of hydrogen-bond donors (Lipinski definition) is 2. The number of para-hydroxylation sites is 1. The van der Waals surface area contributed by atoms with Crippen LogP contribution < -0.4 is 10.1 Å². The predicted molar refractivity (Wildman–Crippen MR) is 73.3 cm³/mol. The van der Waals surface area contributed by atoms with Crippen LogP contribution in [0.5, 0.6) is 5.75 Å². The first-order valence-corrected chi connectivity index (χ1v) is 5.96. The molecule has 0 heterocycles. The molecule has 0 saturated carbocycles. The molecule has 98 valence electrons. The Hall–Kier alpha value is -2.49. The van der Waals surface area contributed by atoms with Crippen LogP contribution in [0.1, 0.15) is 5.56 Å². The van der Waals surface area contributed by atoms with Crippen molar-refractivity contribution >= 4 is 11.7 Å². The van der Waals surface area contributed by atoms with Gasteiger partial charge in [-0.2, -0.15) is 0 Å². The maximum atomic E-state index is 10.4. The van der Waals surface area contributed by atoms with E-state index in [9.17, 15) is 4.79 Å². The van der Waals surface area contributed by atoms with Crippen molar-refractivity contribution in [1.82, 2.24) is 0 Å². The molecule has 0 amide bonds. The maximum absolute atomic E-state index is 10.4. The fourth-order valence-corrected chi connectivity index (χ4v) is 1.61. The third kappa shape index (κ3) is 4.35. The zero-order valence-corrected chi connectivity index (χ0v) is 10.4. The molecule has 0 aliphatic rings. The molecule has 0 saturated heterocycles. The SMILES string of the molecule is O=C(O)COc1ccc(CNc2ccccc2)cc1. The summed E-state index contributed by atoms with van der Waals surface area (Å²) in [6.07, 6.45) is 0. The normalized spacial score (nSPS) is 9.89. The van der Waals surface area contributed by atoms with Gasteiger partial charge in [0.2, 0.25) is 0 Å². The van der Waals surface area contributed by atoms with Crippen molar-refractivity contribution in [2.75, 3.05) is 11.9 Å². The van der Waals surface area contributed by atoms with Crippen molar-refractivity contribution in [3.05, 3.63) is 60.2 Å². The third-order valence-corrected chi connectivity index (χ3v) is 2.56. The number of anilines is 1. The molecule has 0 bridgehead atoms. The van der Waals surface area contributed by atoms with Gasteiger partial charge in [0, 0.05) is 12.2 Å². The maximum Gasteiger partial charge on any atom is 0.341 e. The molecular weight excluding hydrogens is 242 g/mol. The van der Waals surface area contributed by atoms with Crippen LogP contribution in [0.4, 0.5) is 5.69 Å². The molecule has 0 aliphatic carbocycles. The Morgan fingerprint density at radius 3 is 2.37 bits per heavy atom. The summed E-state index contributed by atoms with van der Waals surface area (Å²) in [5, 5.41) is 11.8. The topological polar surface area (TPSA) is 58.6 Å². The van der Waals surface area contributed by atoms with Crippen LogP contribution in [0.15, 0.2) is 54.6 Å². The molecule has 4 nitrogen and oxygen atoms in total. The van der Waals surface area contributed by atoms with E-state index >= 15 is 0 Å². The average Bonchev–Trinajstić information content (AvgIpc) is 2.45. The molecule has 19 heavy (non-hydrogen) atoms. The lowest BCUT2D eigenvalue weighted by Crippen LogP contribution is -2.09. The summed E-state index contributed by atoms with van der Waals surface area (Å²) in [5.41, 5.74) is 2.17. The number of rotatable bonds is 6. The van der Waals surface area contributed by atoms with Crippen LogP contribution in [0, 0.1) is 0 Å². The zero-order chi connectivity index (χ0) is 13.5. The number of benzene rings is 2. The minimum Gasteiger partial charge on any atom is -0.482 e. The highest BCUT2D eigenvalue weighted by molar-refractivity contribution is 5.68. The fourth-order valence-electron chi connectivity index (χ4n) is 1.61. The molecule has 4 heteroatoms. The Bertz CT molecular complexity index is 523. The van der Waals surface area contributed by atoms with Crippen molar-refractivity contribution in [3.63, 3.8) is 0 Å². The number of carbonyl (C=O) groups is 1. The van der Waals surface area contributed by atoms with Crippen LogP contribution in [0.25, 0.3) is 0 Å². The number of carboxylic acids is 1. The molecule has 0 aromatic heterocycles. The summed E-state index contributed by atoms with van der Waals surface area (Å²) in [5.74, 6) is -0.416. The molecule has 2 N–H and O–H groups in total. The Balaban J connectivity index is 1.86. The van der Waals surface area contributed by atoms with E-state index in [1.165, 1.54) is 0 Å². The van der Waals surface area contributed by atoms with E-state index in [0.717, 1.165) is 11.3 Å². The van der Waals surface area contributed by atoms with Gasteiger partial charge >= 0.3 is 5.97 Å². The standard InChI is InChI=1S/C15H15NO3/c17-15(18)11-19-14-8-6-12(7-9-14)10-16-13-4-2-1-3-5-13/h1-9,16H,10-11H2,(H,17,18). The Labute approximate surface area is 111 Å². The summed E-state index contributed by atoms with van der Waals surface area (Å²) in [6, 6.07) is 17.3. The van der Waals surface area contributed by atoms with Crippen molar-refractivity contribution in [2.24, 2.45) is 0 Å². The van der Waals surface area contributed by atoms with Crippen LogP contribution in [-0.2, 0) is 11.3 Å². The van der Waals surface area contributed by atoms with Gasteiger partial charge in [-0.05, 0) is 29.8 Å². The summed E-state index contributed by atoms with van der Waals surface area (Å²) < 4.78 is 5.07. The number of carboxylic acid groups (broad SMARTS) is 1. The van der Waals surface area contributed by atoms with E-state index in [1.807, 2.05) is 42.5 Å². The molecular formula is C15H15NO3. The molecule has 0 aliphatic heterocycles. The van der Waals surface area contributed by atoms with E-state index in [2.05, 4.69) is 5.32 Å². The smallest absolute Gasteiger partial charge is 0.341 e. The molecule has 0 radical (unpaired) electrons. The molecule has 0 spiro atoms. The summed E-state index contributed by atoms with van der Waals surface area (Å²) in [7, 11) is 0. The van der Waals surface area contributed by atoms with Gasteiger partial charge in [0.15, 0.2) is 6.61 Å². The highest BCUT2D eigenvalue weighted by Gasteiger charge is 1.99. The first-order valence-electron chi connectivity index (χ1n) is 5.96. The molecule has 0 fully saturated rings. The summed E-state index contributed by atoms with van der Waals surface area (Å²) >= 11 is 0. The zero-order valence-electron chi connectivity index (χ0n) is 10.4. The lowest BCUT2D eigenvalue weighted by Gasteiger charge is -2.07. The van der Waals surface area contributed by atoms with Crippen molar-refractivity contribution < 1.29 is 14.6 Å². The molecule has 0 unspecified atom stereocenters. The number of aliphatic carboxylic acids is 1. The molecule has 0 atom stereocenters. The van der Waals surface area contributed by atoms with Crippen LogP contribution >= 0.6 is 0 Å². The first-order chi connectivity index (χ1) is 9.24. The summed E-state index contributed by atoms with van der Waals surface area (Å²) in [4.78, 5) is 10.4. The molecule has 2 rings (SSSR count). The van der Waals surface area contributed by atoms with E-state index in [4.69, 9.17) is 9.84 Å². The molecule has 2 aromatic carbocycles. The van der Waals surface area contributed by atoms with Gasteiger partial charge in [-0.25, -0.2) is 4.79 Å². The van der Waals surface area contributed by atoms with E-state index in [-0.39, 0.29) is 6.61 Å². The van der Waals surface area contributed by atoms with Gasteiger partial charge in [0.05, 0.1) is 0 Å². The van der Waals surface area contributed by atoms with Crippen LogP contribution in [-0.4, -0.2) is 17.7 Å². The average molecular weight is 257 g/mol. The predicted octanol–water partition coefficient (Wildman–Crippen LogP) is 2.76. The monoisotopic (exact) mass is 257 g/mol. The minimum absolute atomic E-state index is 0.318. The minimum atomic E-state index is -0.977. The van der Waals surface area contributed by atoms with Crippen LogP contribution in [0.2, 0.25) is 0 Å². The van der Waals surface area contributed by atoms with E-state index < -0.39 is 5.97 Å². The first kappa shape index (κ1) is 13.0. The van der Waals surface area contributed by atoms with E-state index in [0.29, 0.717) is 12.3 Å². The fraction of sp³-hybridized carbons (Fsp3) is 0.133. The number of ether oxygens (including phenoxy) is 1. The van der Waals surface area contributed by atoms with Gasteiger partial charge in [0.1, 0.15) is 5.75 Å². The Morgan fingerprint density at radius 1 is 1.05 bits per heavy atom. The van der Waals surface area contributed by atoms with Crippen molar-refractivity contribution in [2.45, 2.75) is 6.54 Å². The van der Waals surface area contributed by atoms with Crippen molar-refractivity contribution in [3.8, 4) is 5.75 Å². The number of hydrogen-bond acceptors (Lipinski definition) is 3. The lowest BCUT2D eigenvalue weighted by molar-refractivity contribution is -0.139. The molecule has 2 aromatic rings. The van der Waals surface area contributed by atoms with Gasteiger partial charge in [-0.15, -0.1) is 0 Å². The highest BCUT2D eigenvalue weighted by Crippen LogP contribution is 2.13. The highest BCUT2D eigenvalue weighted by atomic mass is 16.5.